The zero-order valence-corrected chi connectivity index (χ0v) is 20.1. The van der Waals surface area contributed by atoms with Gasteiger partial charge in [-0.3, -0.25) is 0 Å². The molecule has 0 unspecified atom stereocenters. The van der Waals surface area contributed by atoms with Crippen molar-refractivity contribution in [1.82, 2.24) is 0 Å². The van der Waals surface area contributed by atoms with Crippen molar-refractivity contribution < 1.29 is 0 Å². The average Bonchev–Trinajstić information content (AvgIpc) is 3.50. The molecule has 0 fully saturated rings. The van der Waals surface area contributed by atoms with Crippen LogP contribution in [0.3, 0.4) is 0 Å². The van der Waals surface area contributed by atoms with Crippen molar-refractivity contribution in [2.75, 3.05) is 0 Å². The molecule has 5 aromatic rings. The van der Waals surface area contributed by atoms with Crippen LogP contribution in [-0.2, 0) is 12.8 Å². The van der Waals surface area contributed by atoms with E-state index in [1.165, 1.54) is 52.9 Å². The Labute approximate surface area is 198 Å². The molecule has 0 spiro atoms. The summed E-state index contributed by atoms with van der Waals surface area (Å²) in [6.07, 6.45) is 2.08. The number of hydrogen-bond donors (Lipinski definition) is 0. The molecule has 0 amide bonds. The molecule has 0 aliphatic heterocycles. The third kappa shape index (κ3) is 3.97. The SMILES string of the molecule is CCc1sc(-c2ccccc2)cc1-c1ccccc1-c1cc(-c2ccccc2)sc1CC. The zero-order chi connectivity index (χ0) is 21.9. The third-order valence-electron chi connectivity index (χ3n) is 5.88. The molecule has 2 aromatic heterocycles. The van der Waals surface area contributed by atoms with Gasteiger partial charge in [0.25, 0.3) is 0 Å². The summed E-state index contributed by atoms with van der Waals surface area (Å²) in [7, 11) is 0. The van der Waals surface area contributed by atoms with Crippen LogP contribution in [0.15, 0.2) is 97.1 Å². The van der Waals surface area contributed by atoms with E-state index in [2.05, 4.69) is 111 Å². The van der Waals surface area contributed by atoms with E-state index in [1.807, 2.05) is 22.7 Å². The monoisotopic (exact) mass is 450 g/mol. The second-order valence-corrected chi connectivity index (χ2v) is 10.2. The first-order valence-corrected chi connectivity index (χ1v) is 12.9. The molecule has 32 heavy (non-hydrogen) atoms. The van der Waals surface area contributed by atoms with Crippen molar-refractivity contribution in [3.8, 4) is 43.1 Å². The van der Waals surface area contributed by atoms with Crippen LogP contribution in [0.2, 0.25) is 0 Å². The summed E-state index contributed by atoms with van der Waals surface area (Å²) in [5.74, 6) is 0. The van der Waals surface area contributed by atoms with Crippen molar-refractivity contribution >= 4 is 22.7 Å². The molecule has 0 bridgehead atoms. The van der Waals surface area contributed by atoms with Gasteiger partial charge in [0.05, 0.1) is 0 Å². The second-order valence-electron chi connectivity index (χ2n) is 7.88. The van der Waals surface area contributed by atoms with Crippen LogP contribution in [0.1, 0.15) is 23.6 Å². The van der Waals surface area contributed by atoms with Gasteiger partial charge >= 0.3 is 0 Å². The highest BCUT2D eigenvalue weighted by atomic mass is 32.1. The second kappa shape index (κ2) is 9.28. The molecule has 0 saturated heterocycles. The molecular formula is C30H26S2. The molecule has 0 aliphatic carbocycles. The smallest absolute Gasteiger partial charge is 0.0352 e. The molecule has 0 atom stereocenters. The Balaban J connectivity index is 1.65. The lowest BCUT2D eigenvalue weighted by molar-refractivity contribution is 1.18. The fraction of sp³-hybridized carbons (Fsp3) is 0.133. The highest BCUT2D eigenvalue weighted by molar-refractivity contribution is 7.16. The Morgan fingerprint density at radius 2 is 0.844 bits per heavy atom. The van der Waals surface area contributed by atoms with Crippen LogP contribution in [0, 0.1) is 0 Å². The summed E-state index contributed by atoms with van der Waals surface area (Å²) in [4.78, 5) is 5.59. The van der Waals surface area contributed by atoms with Crippen LogP contribution in [-0.4, -0.2) is 0 Å². The summed E-state index contributed by atoms with van der Waals surface area (Å²) in [6, 6.07) is 35.2. The molecule has 0 aliphatic rings. The number of rotatable bonds is 6. The van der Waals surface area contributed by atoms with Gasteiger partial charge in [0.1, 0.15) is 0 Å². The molecular weight excluding hydrogens is 424 g/mol. The minimum absolute atomic E-state index is 1.04. The zero-order valence-electron chi connectivity index (χ0n) is 18.5. The van der Waals surface area contributed by atoms with E-state index in [9.17, 15) is 0 Å². The Morgan fingerprint density at radius 1 is 0.469 bits per heavy atom. The molecule has 2 heteroatoms. The molecule has 0 nitrogen and oxygen atoms in total. The van der Waals surface area contributed by atoms with E-state index in [1.54, 1.807) is 0 Å². The maximum absolute atomic E-state index is 2.40. The predicted octanol–water partition coefficient (Wildman–Crippen LogP) is 9.60. The maximum atomic E-state index is 2.40. The van der Waals surface area contributed by atoms with Gasteiger partial charge in [-0.2, -0.15) is 0 Å². The van der Waals surface area contributed by atoms with Gasteiger partial charge in [-0.05, 0) is 58.4 Å². The van der Waals surface area contributed by atoms with Crippen molar-refractivity contribution in [3.63, 3.8) is 0 Å². The van der Waals surface area contributed by atoms with Gasteiger partial charge < -0.3 is 0 Å². The minimum Gasteiger partial charge on any atom is -0.140 e. The lowest BCUT2D eigenvalue weighted by Gasteiger charge is -2.10. The van der Waals surface area contributed by atoms with Crippen LogP contribution in [0.5, 0.6) is 0 Å². The highest BCUT2D eigenvalue weighted by Crippen LogP contribution is 2.44. The lowest BCUT2D eigenvalue weighted by atomic mass is 9.93. The first-order chi connectivity index (χ1) is 15.8. The van der Waals surface area contributed by atoms with Gasteiger partial charge in [0.15, 0.2) is 0 Å². The van der Waals surface area contributed by atoms with E-state index in [0.29, 0.717) is 0 Å². The van der Waals surface area contributed by atoms with Gasteiger partial charge in [0.2, 0.25) is 0 Å². The van der Waals surface area contributed by atoms with Crippen molar-refractivity contribution in [2.45, 2.75) is 26.7 Å². The number of hydrogen-bond acceptors (Lipinski definition) is 2. The number of benzene rings is 3. The summed E-state index contributed by atoms with van der Waals surface area (Å²) in [5, 5.41) is 0. The Morgan fingerprint density at radius 3 is 1.22 bits per heavy atom. The fourth-order valence-electron chi connectivity index (χ4n) is 4.28. The molecule has 0 saturated carbocycles. The largest absolute Gasteiger partial charge is 0.140 e. The van der Waals surface area contributed by atoms with E-state index >= 15 is 0 Å². The quantitative estimate of drug-likeness (QED) is 0.241. The molecule has 5 rings (SSSR count). The van der Waals surface area contributed by atoms with Gasteiger partial charge in [0, 0.05) is 19.5 Å². The lowest BCUT2D eigenvalue weighted by Crippen LogP contribution is -1.88. The van der Waals surface area contributed by atoms with E-state index < -0.39 is 0 Å². The number of aryl methyl sites for hydroxylation is 2. The van der Waals surface area contributed by atoms with E-state index in [4.69, 9.17) is 0 Å². The van der Waals surface area contributed by atoms with E-state index in [0.717, 1.165) is 12.8 Å². The topological polar surface area (TPSA) is 0 Å². The van der Waals surface area contributed by atoms with Gasteiger partial charge in [-0.1, -0.05) is 98.8 Å². The fourth-order valence-corrected chi connectivity index (χ4v) is 6.52. The average molecular weight is 451 g/mol. The van der Waals surface area contributed by atoms with Crippen LogP contribution >= 0.6 is 22.7 Å². The first-order valence-electron chi connectivity index (χ1n) is 11.2. The van der Waals surface area contributed by atoms with Crippen molar-refractivity contribution in [2.24, 2.45) is 0 Å². The molecule has 3 aromatic carbocycles. The molecule has 0 N–H and O–H groups in total. The van der Waals surface area contributed by atoms with Crippen LogP contribution < -0.4 is 0 Å². The Kier molecular flexibility index (Phi) is 6.07. The molecule has 2 heterocycles. The molecule has 158 valence electrons. The normalized spacial score (nSPS) is 11.1. The summed E-state index contributed by atoms with van der Waals surface area (Å²) in [6.45, 7) is 4.53. The van der Waals surface area contributed by atoms with Crippen LogP contribution in [0.4, 0.5) is 0 Å². The van der Waals surface area contributed by atoms with Crippen LogP contribution in [0.25, 0.3) is 43.1 Å². The van der Waals surface area contributed by atoms with Gasteiger partial charge in [-0.15, -0.1) is 22.7 Å². The summed E-state index contributed by atoms with van der Waals surface area (Å²) in [5.41, 5.74) is 8.03. The van der Waals surface area contributed by atoms with Crippen molar-refractivity contribution in [3.05, 3.63) is 107 Å². The van der Waals surface area contributed by atoms with E-state index in [-0.39, 0.29) is 0 Å². The van der Waals surface area contributed by atoms with Gasteiger partial charge in [-0.25, -0.2) is 0 Å². The maximum Gasteiger partial charge on any atom is 0.0352 e. The third-order valence-corrected chi connectivity index (χ3v) is 8.54. The van der Waals surface area contributed by atoms with Crippen molar-refractivity contribution in [1.29, 1.82) is 0 Å². The minimum atomic E-state index is 1.04. The Hall–Kier alpha value is -2.94. The number of thiophene rings is 2. The standard InChI is InChI=1S/C30H26S2/c1-3-27-25(19-29(31-27)21-13-7-5-8-14-21)23-17-11-12-18-24(23)26-20-30(32-28(26)4-2)22-15-9-6-10-16-22/h5-20H,3-4H2,1-2H3. The summed E-state index contributed by atoms with van der Waals surface area (Å²) < 4.78 is 0. The highest BCUT2D eigenvalue weighted by Gasteiger charge is 2.18. The predicted molar refractivity (Wildman–Crippen MR) is 143 cm³/mol. The summed E-state index contributed by atoms with van der Waals surface area (Å²) >= 11 is 3.85. The molecule has 0 radical (unpaired) electrons. The Bertz CT molecular complexity index is 1220. The first kappa shape index (κ1) is 20.9.